The summed E-state index contributed by atoms with van der Waals surface area (Å²) in [5, 5.41) is 0. The van der Waals surface area contributed by atoms with Gasteiger partial charge in [-0.2, -0.15) is 0 Å². The molecule has 2 atom stereocenters. The van der Waals surface area contributed by atoms with E-state index in [2.05, 4.69) is 0 Å². The molecular formula is C17H25NO4. The Bertz CT molecular complexity index is 499. The van der Waals surface area contributed by atoms with Crippen molar-refractivity contribution in [3.8, 4) is 0 Å². The summed E-state index contributed by atoms with van der Waals surface area (Å²) in [7, 11) is 0. The molecule has 2 fully saturated rings. The van der Waals surface area contributed by atoms with E-state index in [0.29, 0.717) is 18.7 Å². The molecule has 0 bridgehead atoms. The number of hydrogen-bond donors (Lipinski definition) is 0. The maximum absolute atomic E-state index is 12.6. The minimum absolute atomic E-state index is 0.0432. The highest BCUT2D eigenvalue weighted by atomic mass is 16.5. The fourth-order valence-corrected chi connectivity index (χ4v) is 3.58. The molecule has 2 saturated heterocycles. The van der Waals surface area contributed by atoms with Gasteiger partial charge in [-0.25, -0.2) is 0 Å². The van der Waals surface area contributed by atoms with Crippen LogP contribution in [0.2, 0.25) is 0 Å². The molecule has 0 radical (unpaired) electrons. The molecule has 0 unspecified atom stereocenters. The van der Waals surface area contributed by atoms with E-state index in [1.165, 1.54) is 6.26 Å². The van der Waals surface area contributed by atoms with Crippen LogP contribution < -0.4 is 0 Å². The Labute approximate surface area is 131 Å². The molecule has 2 aliphatic rings. The summed E-state index contributed by atoms with van der Waals surface area (Å²) in [6.07, 6.45) is 6.42. The highest BCUT2D eigenvalue weighted by Gasteiger charge is 2.47. The zero-order chi connectivity index (χ0) is 15.6. The summed E-state index contributed by atoms with van der Waals surface area (Å²) >= 11 is 0. The van der Waals surface area contributed by atoms with Gasteiger partial charge < -0.3 is 18.8 Å². The lowest BCUT2D eigenvalue weighted by Gasteiger charge is -2.50. The van der Waals surface area contributed by atoms with Gasteiger partial charge in [-0.05, 0) is 39.2 Å². The third-order valence-electron chi connectivity index (χ3n) is 4.75. The van der Waals surface area contributed by atoms with Crippen molar-refractivity contribution in [1.82, 2.24) is 4.90 Å². The molecular weight excluding hydrogens is 282 g/mol. The topological polar surface area (TPSA) is 51.9 Å². The van der Waals surface area contributed by atoms with Crippen LogP contribution in [-0.2, 0) is 9.47 Å². The maximum atomic E-state index is 12.6. The summed E-state index contributed by atoms with van der Waals surface area (Å²) in [6, 6.07) is 1.73. The monoisotopic (exact) mass is 307 g/mol. The number of piperidine rings is 1. The Balaban J connectivity index is 1.75. The molecule has 0 N–H and O–H groups in total. The molecule has 0 aromatic carbocycles. The second kappa shape index (κ2) is 6.42. The van der Waals surface area contributed by atoms with Gasteiger partial charge >= 0.3 is 0 Å². The summed E-state index contributed by atoms with van der Waals surface area (Å²) in [5.74, 6) is 0.0432. The van der Waals surface area contributed by atoms with Crippen molar-refractivity contribution in [2.24, 2.45) is 5.41 Å². The second-order valence-corrected chi connectivity index (χ2v) is 6.71. The van der Waals surface area contributed by atoms with Crippen molar-refractivity contribution in [1.29, 1.82) is 0 Å². The number of furan rings is 1. The molecule has 1 aromatic rings. The van der Waals surface area contributed by atoms with E-state index in [0.717, 1.165) is 32.4 Å². The zero-order valence-corrected chi connectivity index (χ0v) is 13.4. The zero-order valence-electron chi connectivity index (χ0n) is 13.4. The molecule has 1 amide bonds. The van der Waals surface area contributed by atoms with E-state index in [1.807, 2.05) is 18.7 Å². The standard InChI is InChI=1S/C17H25NO4/c1-13(2)22-12-17-6-3-8-21-15(17)4-7-18(11-17)16(19)14-5-9-20-10-14/h5,9-10,13,15H,3-4,6-8,11-12H2,1-2H3/t15-,17+/m1/s1. The number of fused-ring (bicyclic) bond motifs is 1. The number of nitrogens with zero attached hydrogens (tertiary/aromatic N) is 1. The molecule has 0 saturated carbocycles. The predicted molar refractivity (Wildman–Crippen MR) is 81.7 cm³/mol. The van der Waals surface area contributed by atoms with Crippen LogP contribution in [0.5, 0.6) is 0 Å². The van der Waals surface area contributed by atoms with Crippen molar-refractivity contribution in [2.45, 2.75) is 45.3 Å². The van der Waals surface area contributed by atoms with Crippen LogP contribution in [0.15, 0.2) is 23.0 Å². The molecule has 0 spiro atoms. The first kappa shape index (κ1) is 15.6. The number of carbonyl (C=O) groups excluding carboxylic acids is 1. The van der Waals surface area contributed by atoms with Crippen LogP contribution in [0.25, 0.3) is 0 Å². The average Bonchev–Trinajstić information content (AvgIpc) is 3.06. The summed E-state index contributed by atoms with van der Waals surface area (Å²) in [6.45, 7) is 7.01. The van der Waals surface area contributed by atoms with Crippen LogP contribution in [-0.4, -0.2) is 49.3 Å². The number of amides is 1. The van der Waals surface area contributed by atoms with E-state index in [9.17, 15) is 4.79 Å². The third-order valence-corrected chi connectivity index (χ3v) is 4.75. The van der Waals surface area contributed by atoms with Crippen molar-refractivity contribution in [2.75, 3.05) is 26.3 Å². The SMILES string of the molecule is CC(C)OC[C@@]12CCCO[C@@H]1CCN(C(=O)c1ccoc1)C2. The lowest BCUT2D eigenvalue weighted by Crippen LogP contribution is -2.58. The fourth-order valence-electron chi connectivity index (χ4n) is 3.58. The molecule has 1 aromatic heterocycles. The second-order valence-electron chi connectivity index (χ2n) is 6.71. The van der Waals surface area contributed by atoms with Gasteiger partial charge in [0.05, 0.1) is 30.6 Å². The smallest absolute Gasteiger partial charge is 0.257 e. The minimum Gasteiger partial charge on any atom is -0.472 e. The normalized spacial score (nSPS) is 28.7. The lowest BCUT2D eigenvalue weighted by atomic mass is 9.73. The fraction of sp³-hybridized carbons (Fsp3) is 0.706. The van der Waals surface area contributed by atoms with Gasteiger partial charge in [-0.1, -0.05) is 0 Å². The van der Waals surface area contributed by atoms with Crippen molar-refractivity contribution in [3.63, 3.8) is 0 Å². The Hall–Kier alpha value is -1.33. The van der Waals surface area contributed by atoms with E-state index < -0.39 is 0 Å². The van der Waals surface area contributed by atoms with Gasteiger partial charge in [0.25, 0.3) is 5.91 Å². The summed E-state index contributed by atoms with van der Waals surface area (Å²) < 4.78 is 17.0. The third kappa shape index (κ3) is 3.06. The number of likely N-dealkylation sites (tertiary alicyclic amines) is 1. The molecule has 3 rings (SSSR count). The molecule has 0 aliphatic carbocycles. The van der Waals surface area contributed by atoms with Gasteiger partial charge in [0, 0.05) is 25.1 Å². The van der Waals surface area contributed by atoms with E-state index in [-0.39, 0.29) is 23.5 Å². The minimum atomic E-state index is -0.0693. The highest BCUT2D eigenvalue weighted by Crippen LogP contribution is 2.41. The quantitative estimate of drug-likeness (QED) is 0.858. The van der Waals surface area contributed by atoms with Gasteiger partial charge in [-0.15, -0.1) is 0 Å². The summed E-state index contributed by atoms with van der Waals surface area (Å²) in [5.41, 5.74) is 0.551. The Morgan fingerprint density at radius 3 is 3.14 bits per heavy atom. The van der Waals surface area contributed by atoms with Gasteiger partial charge in [-0.3, -0.25) is 4.79 Å². The van der Waals surface area contributed by atoms with Crippen LogP contribution in [0.3, 0.4) is 0 Å². The first-order valence-corrected chi connectivity index (χ1v) is 8.15. The predicted octanol–water partition coefficient (Wildman–Crippen LogP) is 2.72. The Morgan fingerprint density at radius 2 is 2.41 bits per heavy atom. The highest BCUT2D eigenvalue weighted by molar-refractivity contribution is 5.93. The Morgan fingerprint density at radius 1 is 1.55 bits per heavy atom. The van der Waals surface area contributed by atoms with Crippen molar-refractivity contribution < 1.29 is 18.7 Å². The number of rotatable bonds is 4. The van der Waals surface area contributed by atoms with Crippen LogP contribution in [0.1, 0.15) is 43.5 Å². The molecule has 5 heteroatoms. The molecule has 122 valence electrons. The van der Waals surface area contributed by atoms with Crippen LogP contribution in [0, 0.1) is 5.41 Å². The maximum Gasteiger partial charge on any atom is 0.257 e. The number of carbonyl (C=O) groups is 1. The van der Waals surface area contributed by atoms with E-state index in [1.54, 1.807) is 12.3 Å². The number of hydrogen-bond acceptors (Lipinski definition) is 4. The molecule has 22 heavy (non-hydrogen) atoms. The van der Waals surface area contributed by atoms with Crippen LogP contribution >= 0.6 is 0 Å². The van der Waals surface area contributed by atoms with Crippen LogP contribution in [0.4, 0.5) is 0 Å². The Kier molecular flexibility index (Phi) is 4.54. The van der Waals surface area contributed by atoms with Gasteiger partial charge in [0.15, 0.2) is 0 Å². The van der Waals surface area contributed by atoms with E-state index in [4.69, 9.17) is 13.9 Å². The molecule has 2 aliphatic heterocycles. The summed E-state index contributed by atoms with van der Waals surface area (Å²) in [4.78, 5) is 14.5. The average molecular weight is 307 g/mol. The number of ether oxygens (including phenoxy) is 2. The van der Waals surface area contributed by atoms with Gasteiger partial charge in [0.1, 0.15) is 6.26 Å². The van der Waals surface area contributed by atoms with Crippen molar-refractivity contribution in [3.05, 3.63) is 24.2 Å². The lowest BCUT2D eigenvalue weighted by molar-refractivity contribution is -0.152. The largest absolute Gasteiger partial charge is 0.472 e. The first-order chi connectivity index (χ1) is 10.6. The molecule has 5 nitrogen and oxygen atoms in total. The van der Waals surface area contributed by atoms with E-state index >= 15 is 0 Å². The molecule has 3 heterocycles. The van der Waals surface area contributed by atoms with Gasteiger partial charge in [0.2, 0.25) is 0 Å². The first-order valence-electron chi connectivity index (χ1n) is 8.15. The van der Waals surface area contributed by atoms with Crippen molar-refractivity contribution >= 4 is 5.91 Å².